The summed E-state index contributed by atoms with van der Waals surface area (Å²) >= 11 is 0. The molecule has 0 unspecified atom stereocenters. The van der Waals surface area contributed by atoms with Gasteiger partial charge in [0.15, 0.2) is 11.5 Å². The molecule has 0 amide bonds. The average Bonchev–Trinajstić information content (AvgIpc) is 3.24. The van der Waals surface area contributed by atoms with Crippen LogP contribution in [0, 0.1) is 0 Å². The lowest BCUT2D eigenvalue weighted by atomic mass is 9.82. The summed E-state index contributed by atoms with van der Waals surface area (Å²) in [4.78, 5) is 0. The van der Waals surface area contributed by atoms with Crippen molar-refractivity contribution in [2.45, 2.75) is 18.4 Å². The number of rotatable bonds is 4. The summed E-state index contributed by atoms with van der Waals surface area (Å²) in [5.41, 5.74) is 3.45. The standard InChI is InChI=1S/C24H22O5/c1-25-17-7-3-15(4-8-17)19-11-21(16-5-9-18(26-2)10-6-16)29-22-13-24-23(12-20(19)22)27-14-28-24/h3-10,12-13,19,21H,11,14H2,1-2H3/t19-,21+/m0/s1. The third-order valence-electron chi connectivity index (χ3n) is 5.61. The van der Waals surface area contributed by atoms with Gasteiger partial charge >= 0.3 is 0 Å². The summed E-state index contributed by atoms with van der Waals surface area (Å²) in [6, 6.07) is 20.3. The molecule has 3 aromatic carbocycles. The fourth-order valence-electron chi connectivity index (χ4n) is 4.03. The average molecular weight is 390 g/mol. The van der Waals surface area contributed by atoms with Crippen molar-refractivity contribution in [2.24, 2.45) is 0 Å². The van der Waals surface area contributed by atoms with Crippen LogP contribution < -0.4 is 23.7 Å². The largest absolute Gasteiger partial charge is 0.497 e. The van der Waals surface area contributed by atoms with Gasteiger partial charge in [-0.15, -0.1) is 0 Å². The van der Waals surface area contributed by atoms with E-state index < -0.39 is 0 Å². The van der Waals surface area contributed by atoms with E-state index in [4.69, 9.17) is 23.7 Å². The zero-order valence-electron chi connectivity index (χ0n) is 16.4. The van der Waals surface area contributed by atoms with Gasteiger partial charge in [0, 0.05) is 17.5 Å². The van der Waals surface area contributed by atoms with Gasteiger partial charge in [0.2, 0.25) is 6.79 Å². The van der Waals surface area contributed by atoms with Gasteiger partial charge in [0.1, 0.15) is 23.4 Å². The van der Waals surface area contributed by atoms with Crippen molar-refractivity contribution in [1.82, 2.24) is 0 Å². The number of hydrogen-bond acceptors (Lipinski definition) is 5. The monoisotopic (exact) mass is 390 g/mol. The van der Waals surface area contributed by atoms with Gasteiger partial charge in [-0.2, -0.15) is 0 Å². The van der Waals surface area contributed by atoms with Crippen LogP contribution in [0.15, 0.2) is 60.7 Å². The first-order valence-corrected chi connectivity index (χ1v) is 9.63. The highest BCUT2D eigenvalue weighted by Gasteiger charge is 2.33. The summed E-state index contributed by atoms with van der Waals surface area (Å²) in [5.74, 6) is 4.19. The van der Waals surface area contributed by atoms with Gasteiger partial charge in [-0.05, 0) is 47.9 Å². The van der Waals surface area contributed by atoms with Crippen LogP contribution in [0.1, 0.15) is 35.1 Å². The molecule has 0 N–H and O–H groups in total. The Kier molecular flexibility index (Phi) is 4.43. The quantitative estimate of drug-likeness (QED) is 0.621. The SMILES string of the molecule is COc1ccc([C@@H]2C[C@H](c3ccc(OC)cc3)Oc3cc4c(cc32)OCO4)cc1. The van der Waals surface area contributed by atoms with Crippen LogP contribution in [0.25, 0.3) is 0 Å². The summed E-state index contributed by atoms with van der Waals surface area (Å²) in [7, 11) is 3.35. The highest BCUT2D eigenvalue weighted by molar-refractivity contribution is 5.56. The van der Waals surface area contributed by atoms with Gasteiger partial charge in [-0.25, -0.2) is 0 Å². The molecule has 148 valence electrons. The molecule has 2 atom stereocenters. The molecule has 0 saturated heterocycles. The number of fused-ring (bicyclic) bond motifs is 2. The van der Waals surface area contributed by atoms with Crippen LogP contribution in [-0.4, -0.2) is 21.0 Å². The summed E-state index contributed by atoms with van der Waals surface area (Å²) in [6.07, 6.45) is 0.756. The molecule has 0 fully saturated rings. The minimum Gasteiger partial charge on any atom is -0.497 e. The second-order valence-electron chi connectivity index (χ2n) is 7.18. The Labute approximate surface area is 169 Å². The topological polar surface area (TPSA) is 46.2 Å². The Morgan fingerprint density at radius 1 is 0.724 bits per heavy atom. The van der Waals surface area contributed by atoms with E-state index in [2.05, 4.69) is 30.3 Å². The molecule has 3 aromatic rings. The van der Waals surface area contributed by atoms with E-state index >= 15 is 0 Å². The zero-order chi connectivity index (χ0) is 19.8. The Hall–Kier alpha value is -3.34. The fraction of sp³-hybridized carbons (Fsp3) is 0.250. The molecule has 0 spiro atoms. The molecule has 5 rings (SSSR count). The van der Waals surface area contributed by atoms with E-state index in [0.29, 0.717) is 0 Å². The second-order valence-corrected chi connectivity index (χ2v) is 7.18. The van der Waals surface area contributed by atoms with E-state index in [1.165, 1.54) is 5.56 Å². The van der Waals surface area contributed by atoms with Crippen LogP contribution >= 0.6 is 0 Å². The predicted octanol–water partition coefficient (Wildman–Crippen LogP) is 5.09. The lowest BCUT2D eigenvalue weighted by molar-refractivity contribution is 0.166. The van der Waals surface area contributed by atoms with Crippen LogP contribution in [0.3, 0.4) is 0 Å². The molecule has 29 heavy (non-hydrogen) atoms. The lowest BCUT2D eigenvalue weighted by Crippen LogP contribution is -2.20. The van der Waals surface area contributed by atoms with E-state index in [0.717, 1.165) is 46.3 Å². The smallest absolute Gasteiger partial charge is 0.231 e. The molecule has 0 aliphatic carbocycles. The van der Waals surface area contributed by atoms with Crippen molar-refractivity contribution in [1.29, 1.82) is 0 Å². The van der Waals surface area contributed by atoms with E-state index in [1.54, 1.807) is 14.2 Å². The second kappa shape index (κ2) is 7.24. The molecular weight excluding hydrogens is 368 g/mol. The molecule has 0 bridgehead atoms. The maximum absolute atomic E-state index is 6.41. The Bertz CT molecular complexity index is 1010. The van der Waals surface area contributed by atoms with Crippen molar-refractivity contribution >= 4 is 0 Å². The number of hydrogen-bond donors (Lipinski definition) is 0. The number of benzene rings is 3. The van der Waals surface area contributed by atoms with Crippen LogP contribution in [-0.2, 0) is 0 Å². The third-order valence-corrected chi connectivity index (χ3v) is 5.61. The fourth-order valence-corrected chi connectivity index (χ4v) is 4.03. The maximum atomic E-state index is 6.41. The van der Waals surface area contributed by atoms with Crippen LogP contribution in [0.5, 0.6) is 28.7 Å². The Morgan fingerprint density at radius 3 is 1.93 bits per heavy atom. The minimum absolute atomic E-state index is 0.0686. The zero-order valence-corrected chi connectivity index (χ0v) is 16.4. The summed E-state index contributed by atoms with van der Waals surface area (Å²) < 4.78 is 28.2. The predicted molar refractivity (Wildman–Crippen MR) is 108 cm³/mol. The van der Waals surface area contributed by atoms with Crippen molar-refractivity contribution in [3.63, 3.8) is 0 Å². The molecule has 2 heterocycles. The van der Waals surface area contributed by atoms with E-state index in [9.17, 15) is 0 Å². The minimum atomic E-state index is -0.0686. The van der Waals surface area contributed by atoms with Crippen molar-refractivity contribution in [3.05, 3.63) is 77.4 Å². The van der Waals surface area contributed by atoms with Crippen LogP contribution in [0.2, 0.25) is 0 Å². The van der Waals surface area contributed by atoms with Gasteiger partial charge < -0.3 is 23.7 Å². The summed E-state index contributed by atoms with van der Waals surface area (Å²) in [5, 5.41) is 0. The van der Waals surface area contributed by atoms with Crippen molar-refractivity contribution in [2.75, 3.05) is 21.0 Å². The van der Waals surface area contributed by atoms with Crippen LogP contribution in [0.4, 0.5) is 0 Å². The molecule has 0 radical (unpaired) electrons. The molecule has 0 aromatic heterocycles. The molecule has 5 heteroatoms. The molecule has 2 aliphatic rings. The number of methoxy groups -OCH3 is 2. The van der Waals surface area contributed by atoms with Gasteiger partial charge in [0.05, 0.1) is 14.2 Å². The van der Waals surface area contributed by atoms with Crippen molar-refractivity contribution < 1.29 is 23.7 Å². The van der Waals surface area contributed by atoms with Gasteiger partial charge in [0.25, 0.3) is 0 Å². The molecule has 5 nitrogen and oxygen atoms in total. The van der Waals surface area contributed by atoms with Gasteiger partial charge in [-0.3, -0.25) is 0 Å². The highest BCUT2D eigenvalue weighted by atomic mass is 16.7. The summed E-state index contributed by atoms with van der Waals surface area (Å²) in [6.45, 7) is 0.243. The van der Waals surface area contributed by atoms with Gasteiger partial charge in [-0.1, -0.05) is 24.3 Å². The molecular formula is C24H22O5. The molecule has 0 saturated carbocycles. The Balaban J connectivity index is 1.56. The third kappa shape index (κ3) is 3.23. The first-order chi connectivity index (χ1) is 14.2. The Morgan fingerprint density at radius 2 is 1.31 bits per heavy atom. The number of ether oxygens (including phenoxy) is 5. The van der Waals surface area contributed by atoms with Crippen molar-refractivity contribution in [3.8, 4) is 28.7 Å². The van der Waals surface area contributed by atoms with E-state index in [1.807, 2.05) is 30.3 Å². The first kappa shape index (κ1) is 17.7. The van der Waals surface area contributed by atoms with E-state index in [-0.39, 0.29) is 18.8 Å². The normalized spacial score (nSPS) is 19.2. The first-order valence-electron chi connectivity index (χ1n) is 9.63. The lowest BCUT2D eigenvalue weighted by Gasteiger charge is -2.33. The highest BCUT2D eigenvalue weighted by Crippen LogP contribution is 2.50. The maximum Gasteiger partial charge on any atom is 0.231 e. The molecule has 2 aliphatic heterocycles.